The van der Waals surface area contributed by atoms with Crippen LogP contribution in [0, 0.1) is 0 Å². The van der Waals surface area contributed by atoms with Crippen molar-refractivity contribution in [2.24, 2.45) is 4.99 Å². The van der Waals surface area contributed by atoms with Gasteiger partial charge in [0.05, 0.1) is 10.6 Å². The van der Waals surface area contributed by atoms with Crippen molar-refractivity contribution in [2.45, 2.75) is 6.92 Å². The Bertz CT molecular complexity index is 444. The molecule has 1 amide bonds. The van der Waals surface area contributed by atoms with Crippen LogP contribution in [0.4, 0.5) is 0 Å². The maximum Gasteiger partial charge on any atom is 0.281 e. The summed E-state index contributed by atoms with van der Waals surface area (Å²) in [5, 5.41) is 0.496. The van der Waals surface area contributed by atoms with Crippen LogP contribution in [0.1, 0.15) is 17.3 Å². The summed E-state index contributed by atoms with van der Waals surface area (Å²) in [5.41, 5.74) is 0.243. The molecular formula is C10H11Cl2N3O. The molecule has 1 heterocycles. The smallest absolute Gasteiger partial charge is 0.281 e. The summed E-state index contributed by atoms with van der Waals surface area (Å²) in [6, 6.07) is 1.41. The molecule has 0 bridgehead atoms. The Labute approximate surface area is 104 Å². The maximum absolute atomic E-state index is 11.7. The van der Waals surface area contributed by atoms with Gasteiger partial charge in [-0.3, -0.25) is 4.79 Å². The van der Waals surface area contributed by atoms with E-state index in [0.29, 0.717) is 5.84 Å². The minimum absolute atomic E-state index is 0.243. The minimum atomic E-state index is -0.430. The number of carbonyl (C=O) groups excluding carboxylic acids is 1. The predicted octanol–water partition coefficient (Wildman–Crippen LogP) is 2.51. The third kappa shape index (κ3) is 3.18. The molecular weight excluding hydrogens is 249 g/mol. The van der Waals surface area contributed by atoms with Gasteiger partial charge < -0.3 is 4.90 Å². The Hall–Kier alpha value is -1.13. The van der Waals surface area contributed by atoms with Gasteiger partial charge in [0.25, 0.3) is 5.91 Å². The summed E-state index contributed by atoms with van der Waals surface area (Å²) in [4.78, 5) is 21.1. The van der Waals surface area contributed by atoms with Crippen molar-refractivity contribution in [3.05, 3.63) is 28.0 Å². The number of amides is 1. The normalized spacial score (nSPS) is 11.4. The number of aliphatic imine (C=N–C) groups is 1. The molecule has 6 heteroatoms. The minimum Gasteiger partial charge on any atom is -0.366 e. The number of aromatic nitrogens is 1. The first-order chi connectivity index (χ1) is 7.41. The average Bonchev–Trinajstić information content (AvgIpc) is 2.16. The van der Waals surface area contributed by atoms with Crippen LogP contribution in [-0.2, 0) is 0 Å². The highest BCUT2D eigenvalue weighted by Gasteiger charge is 2.11. The van der Waals surface area contributed by atoms with E-state index in [-0.39, 0.29) is 15.7 Å². The van der Waals surface area contributed by atoms with Gasteiger partial charge in [0.15, 0.2) is 0 Å². The van der Waals surface area contributed by atoms with Gasteiger partial charge in [-0.2, -0.15) is 4.99 Å². The Balaban J connectivity index is 3.02. The molecule has 0 unspecified atom stereocenters. The molecule has 4 nitrogen and oxygen atoms in total. The van der Waals surface area contributed by atoms with Gasteiger partial charge in [0.1, 0.15) is 11.0 Å². The van der Waals surface area contributed by atoms with Gasteiger partial charge in [-0.05, 0) is 13.0 Å². The fourth-order valence-corrected chi connectivity index (χ4v) is 1.32. The quantitative estimate of drug-likeness (QED) is 0.442. The van der Waals surface area contributed by atoms with Crippen molar-refractivity contribution in [2.75, 3.05) is 14.1 Å². The molecule has 1 aromatic rings. The van der Waals surface area contributed by atoms with Crippen molar-refractivity contribution in [1.82, 2.24) is 9.88 Å². The summed E-state index contributed by atoms with van der Waals surface area (Å²) in [7, 11) is 3.60. The topological polar surface area (TPSA) is 45.6 Å². The highest BCUT2D eigenvalue weighted by atomic mass is 35.5. The lowest BCUT2D eigenvalue weighted by Gasteiger charge is -2.10. The van der Waals surface area contributed by atoms with Gasteiger partial charge in [-0.25, -0.2) is 4.98 Å². The second-order valence-electron chi connectivity index (χ2n) is 3.35. The highest BCUT2D eigenvalue weighted by molar-refractivity contribution is 6.36. The van der Waals surface area contributed by atoms with Gasteiger partial charge in [-0.15, -0.1) is 0 Å². The molecule has 0 radical (unpaired) electrons. The molecule has 0 atom stereocenters. The summed E-state index contributed by atoms with van der Waals surface area (Å²) in [6.07, 6.45) is 1.32. The molecule has 0 aliphatic carbocycles. The first kappa shape index (κ1) is 12.9. The Kier molecular flexibility index (Phi) is 4.26. The number of halogens is 2. The zero-order valence-electron chi connectivity index (χ0n) is 9.16. The first-order valence-corrected chi connectivity index (χ1v) is 5.25. The number of hydrogen-bond donors (Lipinski definition) is 0. The molecule has 86 valence electrons. The van der Waals surface area contributed by atoms with Crippen LogP contribution >= 0.6 is 23.2 Å². The van der Waals surface area contributed by atoms with Crippen LogP contribution in [0.15, 0.2) is 17.3 Å². The van der Waals surface area contributed by atoms with Gasteiger partial charge in [0.2, 0.25) is 0 Å². The molecule has 1 aromatic heterocycles. The van der Waals surface area contributed by atoms with Crippen molar-refractivity contribution in [3.63, 3.8) is 0 Å². The van der Waals surface area contributed by atoms with Crippen LogP contribution in [0.3, 0.4) is 0 Å². The average molecular weight is 260 g/mol. The zero-order valence-corrected chi connectivity index (χ0v) is 10.7. The summed E-state index contributed by atoms with van der Waals surface area (Å²) in [6.45, 7) is 1.73. The summed E-state index contributed by atoms with van der Waals surface area (Å²) >= 11 is 11.5. The van der Waals surface area contributed by atoms with E-state index in [1.807, 2.05) is 0 Å². The van der Waals surface area contributed by atoms with Crippen LogP contribution in [0.2, 0.25) is 10.2 Å². The van der Waals surface area contributed by atoms with Crippen molar-refractivity contribution >= 4 is 34.9 Å². The van der Waals surface area contributed by atoms with Crippen LogP contribution < -0.4 is 0 Å². The third-order valence-electron chi connectivity index (χ3n) is 1.96. The fraction of sp³-hybridized carbons (Fsp3) is 0.300. The molecule has 16 heavy (non-hydrogen) atoms. The third-order valence-corrected chi connectivity index (χ3v) is 2.48. The lowest BCUT2D eigenvalue weighted by atomic mass is 10.3. The van der Waals surface area contributed by atoms with Gasteiger partial charge in [-0.1, -0.05) is 23.2 Å². The second-order valence-corrected chi connectivity index (χ2v) is 4.14. The second kappa shape index (κ2) is 5.27. The van der Waals surface area contributed by atoms with E-state index in [1.54, 1.807) is 25.9 Å². The molecule has 0 spiro atoms. The Morgan fingerprint density at radius 3 is 2.56 bits per heavy atom. The number of carbonyl (C=O) groups is 1. The number of rotatable bonds is 1. The molecule has 0 aromatic carbocycles. The van der Waals surface area contributed by atoms with E-state index in [0.717, 1.165) is 0 Å². The lowest BCUT2D eigenvalue weighted by molar-refractivity contribution is 0.100. The van der Waals surface area contributed by atoms with E-state index >= 15 is 0 Å². The molecule has 0 aliphatic rings. The Morgan fingerprint density at radius 1 is 1.44 bits per heavy atom. The SMILES string of the molecule is CC(=NC(=O)c1cnc(Cl)cc1Cl)N(C)C. The van der Waals surface area contributed by atoms with Crippen LogP contribution in [0.25, 0.3) is 0 Å². The zero-order chi connectivity index (χ0) is 12.3. The lowest BCUT2D eigenvalue weighted by Crippen LogP contribution is -2.20. The predicted molar refractivity (Wildman–Crippen MR) is 65.4 cm³/mol. The van der Waals surface area contributed by atoms with E-state index in [9.17, 15) is 4.79 Å². The van der Waals surface area contributed by atoms with E-state index in [2.05, 4.69) is 9.98 Å². The molecule has 1 rings (SSSR count). The summed E-state index contributed by atoms with van der Waals surface area (Å²) < 4.78 is 0. The van der Waals surface area contributed by atoms with Crippen molar-refractivity contribution in [3.8, 4) is 0 Å². The van der Waals surface area contributed by atoms with Gasteiger partial charge >= 0.3 is 0 Å². The number of pyridine rings is 1. The number of hydrogen-bond acceptors (Lipinski definition) is 2. The van der Waals surface area contributed by atoms with Crippen LogP contribution in [0.5, 0.6) is 0 Å². The number of nitrogens with zero attached hydrogens (tertiary/aromatic N) is 3. The molecule has 0 N–H and O–H groups in total. The summed E-state index contributed by atoms with van der Waals surface area (Å²) in [5.74, 6) is 0.163. The van der Waals surface area contributed by atoms with E-state index in [1.165, 1.54) is 12.3 Å². The molecule has 0 fully saturated rings. The van der Waals surface area contributed by atoms with E-state index < -0.39 is 5.91 Å². The van der Waals surface area contributed by atoms with Crippen molar-refractivity contribution < 1.29 is 4.79 Å². The largest absolute Gasteiger partial charge is 0.366 e. The molecule has 0 saturated carbocycles. The standard InChI is InChI=1S/C10H11Cl2N3O/c1-6(15(2)3)14-10(16)7-5-13-9(12)4-8(7)11/h4-5H,1-3H3. The maximum atomic E-state index is 11.7. The van der Waals surface area contributed by atoms with Crippen molar-refractivity contribution in [1.29, 1.82) is 0 Å². The fourth-order valence-electron chi connectivity index (χ4n) is 0.872. The molecule has 0 saturated heterocycles. The van der Waals surface area contributed by atoms with Gasteiger partial charge in [0, 0.05) is 20.3 Å². The monoisotopic (exact) mass is 259 g/mol. The highest BCUT2D eigenvalue weighted by Crippen LogP contribution is 2.19. The molecule has 0 aliphatic heterocycles. The van der Waals surface area contributed by atoms with Crippen LogP contribution in [-0.4, -0.2) is 35.7 Å². The Morgan fingerprint density at radius 2 is 2.06 bits per heavy atom. The van der Waals surface area contributed by atoms with E-state index in [4.69, 9.17) is 23.2 Å². The first-order valence-electron chi connectivity index (χ1n) is 4.50. The number of amidine groups is 1.